The lowest BCUT2D eigenvalue weighted by Crippen LogP contribution is -2.45. The van der Waals surface area contributed by atoms with Crippen LogP contribution in [-0.4, -0.2) is 60.3 Å². The van der Waals surface area contributed by atoms with Crippen molar-refractivity contribution in [3.63, 3.8) is 0 Å². The topological polar surface area (TPSA) is 58.8 Å². The Hall–Kier alpha value is -0.810. The SMILES string of the molecule is CCN(C[C@@H]1CCCN1CCN)C(=O)OC(C)(C)C. The molecule has 112 valence electrons. The fraction of sp³-hybridized carbons (Fsp3) is 0.929. The molecule has 1 saturated heterocycles. The molecule has 0 aromatic heterocycles. The fourth-order valence-corrected chi connectivity index (χ4v) is 2.48. The van der Waals surface area contributed by atoms with Crippen LogP contribution in [0.25, 0.3) is 0 Å². The summed E-state index contributed by atoms with van der Waals surface area (Å²) in [5, 5.41) is 0. The Morgan fingerprint density at radius 3 is 2.68 bits per heavy atom. The van der Waals surface area contributed by atoms with E-state index in [0.717, 1.165) is 26.1 Å². The highest BCUT2D eigenvalue weighted by Crippen LogP contribution is 2.18. The molecule has 0 bridgehead atoms. The van der Waals surface area contributed by atoms with E-state index in [4.69, 9.17) is 10.5 Å². The lowest BCUT2D eigenvalue weighted by molar-refractivity contribution is 0.0216. The van der Waals surface area contributed by atoms with Crippen LogP contribution in [0.1, 0.15) is 40.5 Å². The van der Waals surface area contributed by atoms with Crippen molar-refractivity contribution in [2.45, 2.75) is 52.2 Å². The summed E-state index contributed by atoms with van der Waals surface area (Å²) in [4.78, 5) is 16.3. The molecule has 1 atom stereocenters. The summed E-state index contributed by atoms with van der Waals surface area (Å²) < 4.78 is 5.44. The Morgan fingerprint density at radius 2 is 2.16 bits per heavy atom. The minimum atomic E-state index is -0.433. The van der Waals surface area contributed by atoms with E-state index in [1.165, 1.54) is 6.42 Å². The predicted octanol–water partition coefficient (Wildman–Crippen LogP) is 1.67. The van der Waals surface area contributed by atoms with E-state index < -0.39 is 5.60 Å². The first-order valence-corrected chi connectivity index (χ1v) is 7.29. The number of rotatable bonds is 5. The van der Waals surface area contributed by atoms with Crippen molar-refractivity contribution in [3.8, 4) is 0 Å². The van der Waals surface area contributed by atoms with Gasteiger partial charge in [-0.05, 0) is 47.1 Å². The summed E-state index contributed by atoms with van der Waals surface area (Å²) >= 11 is 0. The van der Waals surface area contributed by atoms with Gasteiger partial charge in [0.25, 0.3) is 0 Å². The van der Waals surface area contributed by atoms with Crippen LogP contribution in [0, 0.1) is 0 Å². The molecule has 1 aliphatic heterocycles. The van der Waals surface area contributed by atoms with Gasteiger partial charge in [0, 0.05) is 32.2 Å². The molecule has 5 heteroatoms. The maximum absolute atomic E-state index is 12.1. The van der Waals surface area contributed by atoms with Gasteiger partial charge in [0.05, 0.1) is 0 Å². The lowest BCUT2D eigenvalue weighted by atomic mass is 10.2. The van der Waals surface area contributed by atoms with E-state index in [2.05, 4.69) is 4.90 Å². The second kappa shape index (κ2) is 7.10. The second-order valence-electron chi connectivity index (χ2n) is 6.14. The molecule has 19 heavy (non-hydrogen) atoms. The molecule has 0 unspecified atom stereocenters. The summed E-state index contributed by atoms with van der Waals surface area (Å²) in [7, 11) is 0. The van der Waals surface area contributed by atoms with Gasteiger partial charge in [-0.1, -0.05) is 0 Å². The third kappa shape index (κ3) is 5.37. The van der Waals surface area contributed by atoms with Crippen LogP contribution in [0.3, 0.4) is 0 Å². The first-order chi connectivity index (χ1) is 8.87. The Kier molecular flexibility index (Phi) is 6.07. The Bertz CT molecular complexity index is 289. The average Bonchev–Trinajstić information content (AvgIpc) is 2.71. The van der Waals surface area contributed by atoms with Crippen molar-refractivity contribution in [1.29, 1.82) is 0 Å². The first kappa shape index (κ1) is 16.2. The quantitative estimate of drug-likeness (QED) is 0.826. The van der Waals surface area contributed by atoms with Gasteiger partial charge in [0.1, 0.15) is 5.60 Å². The van der Waals surface area contributed by atoms with Crippen LogP contribution in [-0.2, 0) is 4.74 Å². The number of likely N-dealkylation sites (tertiary alicyclic amines) is 1. The van der Waals surface area contributed by atoms with Crippen LogP contribution < -0.4 is 5.73 Å². The van der Waals surface area contributed by atoms with Crippen LogP contribution in [0.2, 0.25) is 0 Å². The van der Waals surface area contributed by atoms with E-state index in [-0.39, 0.29) is 6.09 Å². The molecule has 1 fully saturated rings. The van der Waals surface area contributed by atoms with Gasteiger partial charge in [-0.3, -0.25) is 4.90 Å². The van der Waals surface area contributed by atoms with Gasteiger partial charge in [-0.2, -0.15) is 0 Å². The molecule has 2 N–H and O–H groups in total. The van der Waals surface area contributed by atoms with Crippen molar-refractivity contribution in [2.24, 2.45) is 5.73 Å². The number of carbonyl (C=O) groups is 1. The van der Waals surface area contributed by atoms with Gasteiger partial charge >= 0.3 is 6.09 Å². The molecule has 0 aromatic rings. The van der Waals surface area contributed by atoms with Crippen LogP contribution in [0.5, 0.6) is 0 Å². The van der Waals surface area contributed by atoms with Gasteiger partial charge in [0.15, 0.2) is 0 Å². The van der Waals surface area contributed by atoms with E-state index in [0.29, 0.717) is 19.1 Å². The summed E-state index contributed by atoms with van der Waals surface area (Å²) in [6.07, 6.45) is 2.12. The Morgan fingerprint density at radius 1 is 1.47 bits per heavy atom. The molecule has 1 rings (SSSR count). The van der Waals surface area contributed by atoms with Gasteiger partial charge < -0.3 is 15.4 Å². The molecule has 0 aromatic carbocycles. The highest BCUT2D eigenvalue weighted by Gasteiger charge is 2.29. The number of hydrogen-bond donors (Lipinski definition) is 1. The van der Waals surface area contributed by atoms with Crippen LogP contribution in [0.4, 0.5) is 4.79 Å². The summed E-state index contributed by atoms with van der Waals surface area (Å²) in [5.74, 6) is 0. The highest BCUT2D eigenvalue weighted by atomic mass is 16.6. The van der Waals surface area contributed by atoms with Crippen molar-refractivity contribution in [1.82, 2.24) is 9.80 Å². The molecular formula is C14H29N3O2. The van der Waals surface area contributed by atoms with E-state index in [1.54, 1.807) is 4.90 Å². The zero-order valence-corrected chi connectivity index (χ0v) is 12.8. The maximum Gasteiger partial charge on any atom is 0.410 e. The molecule has 0 aliphatic carbocycles. The zero-order chi connectivity index (χ0) is 14.5. The minimum Gasteiger partial charge on any atom is -0.444 e. The standard InChI is InChI=1S/C14H29N3O2/c1-5-16(13(18)19-14(2,3)4)11-12-7-6-9-17(12)10-8-15/h12H,5-11,15H2,1-4H3/t12-/m0/s1. The number of hydrogen-bond acceptors (Lipinski definition) is 4. The average molecular weight is 271 g/mol. The van der Waals surface area contributed by atoms with Gasteiger partial charge in [-0.25, -0.2) is 4.79 Å². The number of ether oxygens (including phenoxy) is 1. The van der Waals surface area contributed by atoms with E-state index in [9.17, 15) is 4.79 Å². The predicted molar refractivity (Wildman–Crippen MR) is 77.1 cm³/mol. The molecule has 0 radical (unpaired) electrons. The molecule has 1 heterocycles. The third-order valence-corrected chi connectivity index (χ3v) is 3.38. The highest BCUT2D eigenvalue weighted by molar-refractivity contribution is 5.68. The van der Waals surface area contributed by atoms with Crippen molar-refractivity contribution < 1.29 is 9.53 Å². The first-order valence-electron chi connectivity index (χ1n) is 7.29. The number of carbonyl (C=O) groups excluding carboxylic acids is 1. The van der Waals surface area contributed by atoms with E-state index in [1.807, 2.05) is 27.7 Å². The van der Waals surface area contributed by atoms with Crippen LogP contribution in [0.15, 0.2) is 0 Å². The van der Waals surface area contributed by atoms with Crippen LogP contribution >= 0.6 is 0 Å². The zero-order valence-electron chi connectivity index (χ0n) is 12.8. The van der Waals surface area contributed by atoms with Gasteiger partial charge in [0.2, 0.25) is 0 Å². The summed E-state index contributed by atoms with van der Waals surface area (Å²) in [6, 6.07) is 0.427. The lowest BCUT2D eigenvalue weighted by Gasteiger charge is -2.31. The fourth-order valence-electron chi connectivity index (χ4n) is 2.48. The number of nitrogens with two attached hydrogens (primary N) is 1. The largest absolute Gasteiger partial charge is 0.444 e. The Labute approximate surface area is 117 Å². The monoisotopic (exact) mass is 271 g/mol. The number of likely N-dealkylation sites (N-methyl/N-ethyl adjacent to an activating group) is 1. The summed E-state index contributed by atoms with van der Waals surface area (Å²) in [5.41, 5.74) is 5.20. The maximum atomic E-state index is 12.1. The second-order valence-corrected chi connectivity index (χ2v) is 6.14. The number of nitrogens with zero attached hydrogens (tertiary/aromatic N) is 2. The van der Waals surface area contributed by atoms with Crippen molar-refractivity contribution in [3.05, 3.63) is 0 Å². The smallest absolute Gasteiger partial charge is 0.410 e. The van der Waals surface area contributed by atoms with Gasteiger partial charge in [-0.15, -0.1) is 0 Å². The molecule has 0 spiro atoms. The van der Waals surface area contributed by atoms with E-state index >= 15 is 0 Å². The molecule has 1 aliphatic rings. The molecule has 5 nitrogen and oxygen atoms in total. The minimum absolute atomic E-state index is 0.213. The normalized spacial score (nSPS) is 20.6. The summed E-state index contributed by atoms with van der Waals surface area (Å²) in [6.45, 7) is 11.8. The molecular weight excluding hydrogens is 242 g/mol. The van der Waals surface area contributed by atoms with Crippen molar-refractivity contribution in [2.75, 3.05) is 32.7 Å². The number of amides is 1. The molecule has 1 amide bonds. The molecule has 0 saturated carbocycles. The van der Waals surface area contributed by atoms with Crippen molar-refractivity contribution >= 4 is 6.09 Å². The Balaban J connectivity index is 2.53. The third-order valence-electron chi connectivity index (χ3n) is 3.38.